The average molecular weight is 372 g/mol. The summed E-state index contributed by atoms with van der Waals surface area (Å²) in [5.74, 6) is 0.294. The molecular weight excluding hydrogens is 354 g/mol. The molecule has 1 N–H and O–H groups in total. The minimum absolute atomic E-state index is 0.243. The predicted molar refractivity (Wildman–Crippen MR) is 99.4 cm³/mol. The number of aryl methyl sites for hydroxylation is 2. The zero-order valence-electron chi connectivity index (χ0n) is 14.6. The second-order valence-electron chi connectivity index (χ2n) is 5.94. The van der Waals surface area contributed by atoms with Crippen LogP contribution in [0.5, 0.6) is 5.75 Å². The Hall–Kier alpha value is -2.86. The van der Waals surface area contributed by atoms with Gasteiger partial charge >= 0.3 is 0 Å². The van der Waals surface area contributed by atoms with Crippen LogP contribution in [0.15, 0.2) is 47.1 Å². The number of anilines is 1. The number of hydrogen-bond donors (Lipinski definition) is 1. The summed E-state index contributed by atoms with van der Waals surface area (Å²) < 4.78 is 10.4. The summed E-state index contributed by atoms with van der Waals surface area (Å²) in [6.07, 6.45) is -0.779. The molecule has 0 aliphatic carbocycles. The van der Waals surface area contributed by atoms with E-state index in [1.54, 1.807) is 31.2 Å². The highest BCUT2D eigenvalue weighted by Crippen LogP contribution is 2.27. The molecule has 0 aliphatic rings. The molecule has 0 unspecified atom stereocenters. The summed E-state index contributed by atoms with van der Waals surface area (Å²) in [6.45, 7) is 5.66. The summed E-state index contributed by atoms with van der Waals surface area (Å²) in [4.78, 5) is 12.4. The Bertz CT molecular complexity index is 939. The molecule has 0 aliphatic heterocycles. The van der Waals surface area contributed by atoms with Gasteiger partial charge in [0.1, 0.15) is 5.75 Å². The number of carbonyl (C=O) groups is 1. The second-order valence-corrected chi connectivity index (χ2v) is 6.35. The minimum Gasteiger partial charge on any atom is -0.479 e. The Morgan fingerprint density at radius 3 is 2.65 bits per heavy atom. The number of halogens is 1. The molecule has 1 aromatic heterocycles. The maximum absolute atomic E-state index is 12.4. The van der Waals surface area contributed by atoms with Crippen molar-refractivity contribution in [2.45, 2.75) is 26.9 Å². The van der Waals surface area contributed by atoms with Crippen LogP contribution in [0.25, 0.3) is 11.3 Å². The zero-order chi connectivity index (χ0) is 18.7. The molecule has 1 heterocycles. The molecule has 7 heteroatoms. The Kier molecular flexibility index (Phi) is 5.23. The SMILES string of the molecule is Cc1ccc(-c2nonc2NC(=O)[C@@H](C)Oc2ccccc2Cl)cc1C. The van der Waals surface area contributed by atoms with Crippen LogP contribution in [0.3, 0.4) is 0 Å². The fourth-order valence-corrected chi connectivity index (χ4v) is 2.53. The zero-order valence-corrected chi connectivity index (χ0v) is 15.4. The fraction of sp³-hybridized carbons (Fsp3) is 0.211. The largest absolute Gasteiger partial charge is 0.479 e. The van der Waals surface area contributed by atoms with Crippen LogP contribution in [0, 0.1) is 13.8 Å². The molecule has 26 heavy (non-hydrogen) atoms. The number of amides is 1. The Balaban J connectivity index is 1.75. The molecular formula is C19H18ClN3O3. The number of nitrogens with one attached hydrogen (secondary N) is 1. The molecule has 1 amide bonds. The summed E-state index contributed by atoms with van der Waals surface area (Å²) in [6, 6.07) is 12.8. The van der Waals surface area contributed by atoms with E-state index in [2.05, 4.69) is 15.6 Å². The van der Waals surface area contributed by atoms with Crippen molar-refractivity contribution in [2.24, 2.45) is 0 Å². The van der Waals surface area contributed by atoms with Crippen LogP contribution in [0.4, 0.5) is 5.82 Å². The molecule has 1 atom stereocenters. The molecule has 6 nitrogen and oxygen atoms in total. The van der Waals surface area contributed by atoms with Crippen molar-refractivity contribution in [3.8, 4) is 17.0 Å². The van der Waals surface area contributed by atoms with Gasteiger partial charge in [0.05, 0.1) is 5.02 Å². The van der Waals surface area contributed by atoms with E-state index in [0.29, 0.717) is 16.5 Å². The van der Waals surface area contributed by atoms with Crippen LogP contribution in [0.1, 0.15) is 18.1 Å². The second kappa shape index (κ2) is 7.58. The first-order valence-electron chi connectivity index (χ1n) is 8.08. The van der Waals surface area contributed by atoms with Gasteiger partial charge in [0.2, 0.25) is 5.82 Å². The van der Waals surface area contributed by atoms with Crippen LogP contribution in [-0.4, -0.2) is 22.3 Å². The lowest BCUT2D eigenvalue weighted by molar-refractivity contribution is -0.122. The fourth-order valence-electron chi connectivity index (χ4n) is 2.35. The lowest BCUT2D eigenvalue weighted by Crippen LogP contribution is -2.30. The van der Waals surface area contributed by atoms with Gasteiger partial charge in [-0.25, -0.2) is 4.63 Å². The first-order chi connectivity index (χ1) is 12.5. The summed E-state index contributed by atoms with van der Waals surface area (Å²) in [5, 5.41) is 10.8. The minimum atomic E-state index is -0.779. The monoisotopic (exact) mass is 371 g/mol. The highest BCUT2D eigenvalue weighted by atomic mass is 35.5. The van der Waals surface area contributed by atoms with E-state index in [1.165, 1.54) is 0 Å². The van der Waals surface area contributed by atoms with Crippen LogP contribution >= 0.6 is 11.6 Å². The molecule has 0 saturated heterocycles. The van der Waals surface area contributed by atoms with Crippen molar-refractivity contribution in [3.63, 3.8) is 0 Å². The van der Waals surface area contributed by atoms with Gasteiger partial charge in [-0.05, 0) is 60.4 Å². The maximum Gasteiger partial charge on any atom is 0.266 e. The van der Waals surface area contributed by atoms with Crippen LogP contribution < -0.4 is 10.1 Å². The van der Waals surface area contributed by atoms with Gasteiger partial charge in [-0.15, -0.1) is 0 Å². The van der Waals surface area contributed by atoms with Crippen molar-refractivity contribution < 1.29 is 14.2 Å². The third-order valence-corrected chi connectivity index (χ3v) is 4.33. The van der Waals surface area contributed by atoms with Gasteiger partial charge in [0, 0.05) is 5.56 Å². The third-order valence-electron chi connectivity index (χ3n) is 4.02. The van der Waals surface area contributed by atoms with Crippen molar-refractivity contribution in [1.82, 2.24) is 10.3 Å². The van der Waals surface area contributed by atoms with Gasteiger partial charge in [0.25, 0.3) is 5.91 Å². The number of aromatic nitrogens is 2. The van der Waals surface area contributed by atoms with Crippen molar-refractivity contribution >= 4 is 23.3 Å². The molecule has 0 radical (unpaired) electrons. The third kappa shape index (κ3) is 3.86. The van der Waals surface area contributed by atoms with Crippen molar-refractivity contribution in [2.75, 3.05) is 5.32 Å². The van der Waals surface area contributed by atoms with E-state index in [-0.39, 0.29) is 11.7 Å². The summed E-state index contributed by atoms with van der Waals surface area (Å²) in [7, 11) is 0. The molecule has 2 aromatic carbocycles. The maximum atomic E-state index is 12.4. The number of para-hydroxylation sites is 1. The van der Waals surface area contributed by atoms with E-state index in [9.17, 15) is 4.79 Å². The van der Waals surface area contributed by atoms with Gasteiger partial charge in [-0.3, -0.25) is 4.79 Å². The topological polar surface area (TPSA) is 77.3 Å². The Morgan fingerprint density at radius 2 is 1.92 bits per heavy atom. The number of rotatable bonds is 5. The van der Waals surface area contributed by atoms with Crippen molar-refractivity contribution in [1.29, 1.82) is 0 Å². The lowest BCUT2D eigenvalue weighted by Gasteiger charge is -2.14. The standard InChI is InChI=1S/C19H18ClN3O3/c1-11-8-9-14(10-12(11)2)17-18(23-26-22-17)21-19(24)13(3)25-16-7-5-4-6-15(16)20/h4-10,13H,1-3H3,(H,21,23,24)/t13-/m1/s1. The molecule has 3 aromatic rings. The van der Waals surface area contributed by atoms with Crippen molar-refractivity contribution in [3.05, 3.63) is 58.6 Å². The Morgan fingerprint density at radius 1 is 1.15 bits per heavy atom. The van der Waals surface area contributed by atoms with Crippen LogP contribution in [-0.2, 0) is 4.79 Å². The highest BCUT2D eigenvalue weighted by molar-refractivity contribution is 6.32. The number of hydrogen-bond acceptors (Lipinski definition) is 5. The molecule has 3 rings (SSSR count). The van der Waals surface area contributed by atoms with Gasteiger partial charge in [-0.2, -0.15) is 0 Å². The van der Waals surface area contributed by atoms with E-state index in [4.69, 9.17) is 21.0 Å². The average Bonchev–Trinajstić information content (AvgIpc) is 3.07. The quantitative estimate of drug-likeness (QED) is 0.718. The normalized spacial score (nSPS) is 11.8. The molecule has 134 valence electrons. The van der Waals surface area contributed by atoms with E-state index in [0.717, 1.165) is 16.7 Å². The molecule has 0 fully saturated rings. The highest BCUT2D eigenvalue weighted by Gasteiger charge is 2.21. The number of ether oxygens (including phenoxy) is 1. The first kappa shape index (κ1) is 17.9. The number of nitrogens with zero attached hydrogens (tertiary/aromatic N) is 2. The van der Waals surface area contributed by atoms with Gasteiger partial charge in [-0.1, -0.05) is 35.9 Å². The molecule has 0 spiro atoms. The molecule has 0 bridgehead atoms. The van der Waals surface area contributed by atoms with Gasteiger partial charge in [0.15, 0.2) is 11.8 Å². The smallest absolute Gasteiger partial charge is 0.266 e. The molecule has 0 saturated carbocycles. The predicted octanol–water partition coefficient (Wildman–Crippen LogP) is 4.41. The number of carbonyl (C=O) groups excluding carboxylic acids is 1. The van der Waals surface area contributed by atoms with E-state index < -0.39 is 6.10 Å². The van der Waals surface area contributed by atoms with E-state index >= 15 is 0 Å². The Labute approximate surface area is 156 Å². The first-order valence-corrected chi connectivity index (χ1v) is 8.45. The summed E-state index contributed by atoms with van der Waals surface area (Å²) in [5.41, 5.74) is 3.55. The number of benzene rings is 2. The summed E-state index contributed by atoms with van der Waals surface area (Å²) >= 11 is 6.05. The van der Waals surface area contributed by atoms with E-state index in [1.807, 2.05) is 32.0 Å². The van der Waals surface area contributed by atoms with Gasteiger partial charge < -0.3 is 10.1 Å². The van der Waals surface area contributed by atoms with Crippen LogP contribution in [0.2, 0.25) is 5.02 Å². The lowest BCUT2D eigenvalue weighted by atomic mass is 10.0.